The van der Waals surface area contributed by atoms with Gasteiger partial charge in [-0.3, -0.25) is 9.69 Å². The molecule has 1 N–H and O–H groups in total. The van der Waals surface area contributed by atoms with Crippen molar-refractivity contribution in [2.75, 3.05) is 31.6 Å². The molecule has 1 aliphatic heterocycles. The van der Waals surface area contributed by atoms with Crippen LogP contribution in [0.4, 0.5) is 5.69 Å². The smallest absolute Gasteiger partial charge is 0.241 e. The molecular formula is C14H20Cl2N2O2. The predicted octanol–water partition coefficient (Wildman–Crippen LogP) is 2.73. The maximum atomic E-state index is 12.2. The van der Waals surface area contributed by atoms with Gasteiger partial charge in [0.1, 0.15) is 0 Å². The Balaban J connectivity index is 0.00000200. The molecule has 0 spiro atoms. The number of anilines is 1. The fraction of sp³-hybridized carbons (Fsp3) is 0.500. The molecule has 1 fully saturated rings. The molecule has 1 amide bonds. The fourth-order valence-corrected chi connectivity index (χ4v) is 2.23. The third-order valence-corrected chi connectivity index (χ3v) is 3.82. The van der Waals surface area contributed by atoms with E-state index >= 15 is 0 Å². The van der Waals surface area contributed by atoms with Crippen molar-refractivity contribution in [2.45, 2.75) is 19.9 Å². The quantitative estimate of drug-likeness (QED) is 0.931. The highest BCUT2D eigenvalue weighted by Crippen LogP contribution is 2.20. The summed E-state index contributed by atoms with van der Waals surface area (Å²) in [7, 11) is 0. The molecule has 0 saturated carbocycles. The summed E-state index contributed by atoms with van der Waals surface area (Å²) in [6.45, 7) is 6.81. The molecule has 1 aliphatic rings. The van der Waals surface area contributed by atoms with Crippen molar-refractivity contribution in [2.24, 2.45) is 0 Å². The lowest BCUT2D eigenvalue weighted by Crippen LogP contribution is -2.47. The number of hydrogen-bond donors (Lipinski definition) is 1. The largest absolute Gasteiger partial charge is 0.379 e. The van der Waals surface area contributed by atoms with Gasteiger partial charge in [0.15, 0.2) is 0 Å². The molecule has 4 nitrogen and oxygen atoms in total. The number of hydrogen-bond acceptors (Lipinski definition) is 3. The molecule has 1 saturated heterocycles. The van der Waals surface area contributed by atoms with Crippen molar-refractivity contribution in [3.63, 3.8) is 0 Å². The van der Waals surface area contributed by atoms with Crippen LogP contribution in [0.1, 0.15) is 12.5 Å². The Kier molecular flexibility index (Phi) is 6.76. The van der Waals surface area contributed by atoms with Crippen molar-refractivity contribution < 1.29 is 9.53 Å². The second kappa shape index (κ2) is 7.84. The minimum atomic E-state index is -0.163. The van der Waals surface area contributed by atoms with Gasteiger partial charge in [0.05, 0.1) is 19.3 Å². The Morgan fingerprint density at radius 3 is 2.65 bits per heavy atom. The van der Waals surface area contributed by atoms with Gasteiger partial charge in [-0.05, 0) is 31.5 Å². The van der Waals surface area contributed by atoms with Gasteiger partial charge in [-0.2, -0.15) is 0 Å². The lowest BCUT2D eigenvalue weighted by molar-refractivity contribution is -0.122. The van der Waals surface area contributed by atoms with Gasteiger partial charge in [-0.1, -0.05) is 17.7 Å². The number of nitrogens with zero attached hydrogens (tertiary/aromatic N) is 1. The minimum Gasteiger partial charge on any atom is -0.379 e. The first-order valence-corrected chi connectivity index (χ1v) is 6.84. The number of aryl methyl sites for hydroxylation is 1. The lowest BCUT2D eigenvalue weighted by Gasteiger charge is -2.31. The maximum Gasteiger partial charge on any atom is 0.241 e. The van der Waals surface area contributed by atoms with Gasteiger partial charge >= 0.3 is 0 Å². The number of ether oxygens (including phenoxy) is 1. The van der Waals surface area contributed by atoms with Gasteiger partial charge in [-0.15, -0.1) is 12.4 Å². The van der Waals surface area contributed by atoms with Crippen molar-refractivity contribution in [3.8, 4) is 0 Å². The van der Waals surface area contributed by atoms with E-state index in [1.165, 1.54) is 0 Å². The molecule has 1 heterocycles. The van der Waals surface area contributed by atoms with E-state index in [-0.39, 0.29) is 24.4 Å². The zero-order chi connectivity index (χ0) is 13.8. The van der Waals surface area contributed by atoms with E-state index in [0.29, 0.717) is 18.2 Å². The van der Waals surface area contributed by atoms with Gasteiger partial charge in [0.25, 0.3) is 0 Å². The van der Waals surface area contributed by atoms with Crippen LogP contribution in [0.2, 0.25) is 5.02 Å². The number of morpholine rings is 1. The molecule has 1 aromatic rings. The molecule has 6 heteroatoms. The molecule has 0 radical (unpaired) electrons. The molecule has 0 bridgehead atoms. The normalized spacial score (nSPS) is 17.1. The molecular weight excluding hydrogens is 299 g/mol. The summed E-state index contributed by atoms with van der Waals surface area (Å²) in [4.78, 5) is 14.3. The average Bonchev–Trinajstić information content (AvgIpc) is 2.43. The zero-order valence-electron chi connectivity index (χ0n) is 11.7. The molecule has 112 valence electrons. The second-order valence-electron chi connectivity index (χ2n) is 4.78. The van der Waals surface area contributed by atoms with Gasteiger partial charge in [0.2, 0.25) is 5.91 Å². The Bertz CT molecular complexity index is 462. The number of benzene rings is 1. The van der Waals surface area contributed by atoms with Gasteiger partial charge in [-0.25, -0.2) is 0 Å². The minimum absolute atomic E-state index is 0. The van der Waals surface area contributed by atoms with Gasteiger partial charge < -0.3 is 10.1 Å². The molecule has 1 aromatic carbocycles. The Morgan fingerprint density at radius 1 is 1.40 bits per heavy atom. The van der Waals surface area contributed by atoms with E-state index in [4.69, 9.17) is 16.3 Å². The van der Waals surface area contributed by atoms with Gasteiger partial charge in [0, 0.05) is 23.8 Å². The van der Waals surface area contributed by atoms with Crippen LogP contribution >= 0.6 is 24.0 Å². The van der Waals surface area contributed by atoms with E-state index < -0.39 is 0 Å². The number of halogens is 2. The SMILES string of the molecule is Cc1ccc(NC(=O)C(C)N2CCOCC2)cc1Cl.Cl. The molecule has 20 heavy (non-hydrogen) atoms. The number of amides is 1. The Morgan fingerprint density at radius 2 is 2.05 bits per heavy atom. The lowest BCUT2D eigenvalue weighted by atomic mass is 10.2. The maximum absolute atomic E-state index is 12.2. The number of carbonyl (C=O) groups is 1. The summed E-state index contributed by atoms with van der Waals surface area (Å²) < 4.78 is 5.29. The van der Waals surface area contributed by atoms with Crippen molar-refractivity contribution in [1.82, 2.24) is 4.90 Å². The number of rotatable bonds is 3. The van der Waals surface area contributed by atoms with E-state index in [0.717, 1.165) is 24.3 Å². The first-order valence-electron chi connectivity index (χ1n) is 6.47. The second-order valence-corrected chi connectivity index (χ2v) is 5.18. The average molecular weight is 319 g/mol. The highest BCUT2D eigenvalue weighted by Gasteiger charge is 2.23. The van der Waals surface area contributed by atoms with Crippen LogP contribution in [0.5, 0.6) is 0 Å². The summed E-state index contributed by atoms with van der Waals surface area (Å²) in [6, 6.07) is 5.38. The molecule has 0 aliphatic carbocycles. The van der Waals surface area contributed by atoms with Crippen molar-refractivity contribution in [1.29, 1.82) is 0 Å². The molecule has 1 unspecified atom stereocenters. The summed E-state index contributed by atoms with van der Waals surface area (Å²) in [5.41, 5.74) is 1.74. The van der Waals surface area contributed by atoms with Crippen LogP contribution in [-0.4, -0.2) is 43.2 Å². The summed E-state index contributed by atoms with van der Waals surface area (Å²) in [5, 5.41) is 3.56. The number of nitrogens with one attached hydrogen (secondary N) is 1. The van der Waals surface area contributed by atoms with Crippen LogP contribution < -0.4 is 5.32 Å². The van der Waals surface area contributed by atoms with Crippen LogP contribution in [0.15, 0.2) is 18.2 Å². The highest BCUT2D eigenvalue weighted by molar-refractivity contribution is 6.31. The molecule has 2 rings (SSSR count). The van der Waals surface area contributed by atoms with Crippen molar-refractivity contribution in [3.05, 3.63) is 28.8 Å². The topological polar surface area (TPSA) is 41.6 Å². The predicted molar refractivity (Wildman–Crippen MR) is 83.9 cm³/mol. The van der Waals surface area contributed by atoms with E-state index in [9.17, 15) is 4.79 Å². The number of carbonyl (C=O) groups excluding carboxylic acids is 1. The molecule has 1 atom stereocenters. The molecule has 0 aromatic heterocycles. The van der Waals surface area contributed by atoms with Crippen LogP contribution in [0, 0.1) is 6.92 Å². The van der Waals surface area contributed by atoms with Crippen LogP contribution in [0.3, 0.4) is 0 Å². The van der Waals surface area contributed by atoms with Crippen LogP contribution in [-0.2, 0) is 9.53 Å². The third-order valence-electron chi connectivity index (χ3n) is 3.41. The van der Waals surface area contributed by atoms with E-state index in [2.05, 4.69) is 10.2 Å². The van der Waals surface area contributed by atoms with Crippen LogP contribution in [0.25, 0.3) is 0 Å². The zero-order valence-corrected chi connectivity index (χ0v) is 13.3. The summed E-state index contributed by atoms with van der Waals surface area (Å²) >= 11 is 6.05. The first-order chi connectivity index (χ1) is 9.08. The first kappa shape index (κ1) is 17.2. The third kappa shape index (κ3) is 4.35. The highest BCUT2D eigenvalue weighted by atomic mass is 35.5. The van der Waals surface area contributed by atoms with E-state index in [1.54, 1.807) is 6.07 Å². The van der Waals surface area contributed by atoms with Crippen molar-refractivity contribution >= 4 is 35.6 Å². The fourth-order valence-electron chi connectivity index (χ4n) is 2.05. The Labute approximate surface area is 130 Å². The monoisotopic (exact) mass is 318 g/mol. The summed E-state index contributed by atoms with van der Waals surface area (Å²) in [6.07, 6.45) is 0. The van der Waals surface area contributed by atoms with E-state index in [1.807, 2.05) is 26.0 Å². The summed E-state index contributed by atoms with van der Waals surface area (Å²) in [5.74, 6) is -0.0122. The standard InChI is InChI=1S/C14H19ClN2O2.ClH/c1-10-3-4-12(9-13(10)15)16-14(18)11(2)17-5-7-19-8-6-17;/h3-4,9,11H,5-8H2,1-2H3,(H,16,18);1H. The Hall–Kier alpha value is -0.810.